The Morgan fingerprint density at radius 3 is 1.60 bits per heavy atom. The van der Waals surface area contributed by atoms with Crippen LogP contribution in [-0.2, 0) is 19.3 Å². The molecule has 0 aliphatic rings. The van der Waals surface area contributed by atoms with Gasteiger partial charge in [0.05, 0.1) is 0 Å². The van der Waals surface area contributed by atoms with Crippen molar-refractivity contribution in [3.05, 3.63) is 71.0 Å². The second kappa shape index (κ2) is 7.84. The van der Waals surface area contributed by atoms with E-state index in [1.54, 1.807) is 0 Å². The molecule has 20 heavy (non-hydrogen) atoms. The Labute approximate surface area is 121 Å². The predicted molar refractivity (Wildman–Crippen MR) is 83.5 cm³/mol. The first kappa shape index (κ1) is 14.8. The van der Waals surface area contributed by atoms with E-state index < -0.39 is 0 Å². The molecule has 0 spiro atoms. The fourth-order valence-corrected chi connectivity index (χ4v) is 2.39. The number of benzene rings is 2. The summed E-state index contributed by atoms with van der Waals surface area (Å²) in [6.07, 6.45) is 7.04. The van der Waals surface area contributed by atoms with Crippen molar-refractivity contribution in [1.82, 2.24) is 0 Å². The molecule has 0 aromatic heterocycles. The number of rotatable bonds is 7. The van der Waals surface area contributed by atoms with Crippen LogP contribution in [0.25, 0.3) is 0 Å². The first-order chi connectivity index (χ1) is 9.78. The van der Waals surface area contributed by atoms with E-state index in [-0.39, 0.29) is 5.82 Å². The predicted octanol–water partition coefficient (Wildman–Crippen LogP) is 5.34. The topological polar surface area (TPSA) is 0 Å². The summed E-state index contributed by atoms with van der Waals surface area (Å²) in [4.78, 5) is 0. The van der Waals surface area contributed by atoms with Gasteiger partial charge in [-0.05, 0) is 54.5 Å². The Bertz CT molecular complexity index is 496. The molecule has 0 N–H and O–H groups in total. The fourth-order valence-electron chi connectivity index (χ4n) is 2.39. The van der Waals surface area contributed by atoms with Crippen molar-refractivity contribution in [1.29, 1.82) is 0 Å². The van der Waals surface area contributed by atoms with Crippen LogP contribution in [0.15, 0.2) is 48.5 Å². The van der Waals surface area contributed by atoms with Crippen molar-refractivity contribution in [2.24, 2.45) is 0 Å². The zero-order valence-electron chi connectivity index (χ0n) is 12.2. The van der Waals surface area contributed by atoms with Crippen LogP contribution in [0.3, 0.4) is 0 Å². The zero-order valence-corrected chi connectivity index (χ0v) is 12.2. The van der Waals surface area contributed by atoms with Gasteiger partial charge < -0.3 is 0 Å². The lowest BCUT2D eigenvalue weighted by Crippen LogP contribution is -1.92. The molecule has 0 radical (unpaired) electrons. The molecule has 0 nitrogen and oxygen atoms in total. The standard InChI is InChI=1S/C19H23F/c1-2-3-4-5-16-6-8-17(9-7-16)10-11-18-12-14-19(20)15-13-18/h6-9,12-15H,2-5,10-11H2,1H3. The van der Waals surface area contributed by atoms with Crippen molar-refractivity contribution in [3.63, 3.8) is 0 Å². The number of hydrogen-bond acceptors (Lipinski definition) is 0. The van der Waals surface area contributed by atoms with Crippen LogP contribution >= 0.6 is 0 Å². The monoisotopic (exact) mass is 270 g/mol. The molecule has 0 aliphatic carbocycles. The summed E-state index contributed by atoms with van der Waals surface area (Å²) < 4.78 is 12.8. The summed E-state index contributed by atoms with van der Waals surface area (Å²) >= 11 is 0. The normalized spacial score (nSPS) is 10.7. The van der Waals surface area contributed by atoms with Gasteiger partial charge in [0.2, 0.25) is 0 Å². The maximum atomic E-state index is 12.8. The number of halogens is 1. The molecule has 0 unspecified atom stereocenters. The number of hydrogen-bond donors (Lipinski definition) is 0. The van der Waals surface area contributed by atoms with Gasteiger partial charge in [0, 0.05) is 0 Å². The third kappa shape index (κ3) is 4.80. The lowest BCUT2D eigenvalue weighted by molar-refractivity contribution is 0.627. The lowest BCUT2D eigenvalue weighted by Gasteiger charge is -2.05. The first-order valence-corrected chi connectivity index (χ1v) is 7.60. The Morgan fingerprint density at radius 1 is 0.650 bits per heavy atom. The van der Waals surface area contributed by atoms with Gasteiger partial charge in [-0.25, -0.2) is 4.39 Å². The van der Waals surface area contributed by atoms with Crippen molar-refractivity contribution in [2.45, 2.75) is 45.4 Å². The highest BCUT2D eigenvalue weighted by atomic mass is 19.1. The van der Waals surface area contributed by atoms with Crippen LogP contribution < -0.4 is 0 Å². The van der Waals surface area contributed by atoms with Gasteiger partial charge in [-0.3, -0.25) is 0 Å². The van der Waals surface area contributed by atoms with E-state index in [0.29, 0.717) is 0 Å². The Hall–Kier alpha value is -1.63. The van der Waals surface area contributed by atoms with E-state index in [1.807, 2.05) is 12.1 Å². The molecule has 106 valence electrons. The van der Waals surface area contributed by atoms with Crippen molar-refractivity contribution >= 4 is 0 Å². The van der Waals surface area contributed by atoms with Crippen LogP contribution in [0.2, 0.25) is 0 Å². The average Bonchev–Trinajstić information content (AvgIpc) is 2.48. The smallest absolute Gasteiger partial charge is 0.123 e. The molecule has 0 atom stereocenters. The van der Waals surface area contributed by atoms with Gasteiger partial charge in [-0.15, -0.1) is 0 Å². The summed E-state index contributed by atoms with van der Waals surface area (Å²) in [5.74, 6) is -0.162. The number of unbranched alkanes of at least 4 members (excludes halogenated alkanes) is 2. The van der Waals surface area contributed by atoms with Crippen LogP contribution in [-0.4, -0.2) is 0 Å². The number of aryl methyl sites for hydroxylation is 3. The summed E-state index contributed by atoms with van der Waals surface area (Å²) in [5, 5.41) is 0. The molecule has 0 saturated heterocycles. The maximum absolute atomic E-state index is 12.8. The third-order valence-electron chi connectivity index (χ3n) is 3.71. The van der Waals surface area contributed by atoms with Crippen LogP contribution in [0.5, 0.6) is 0 Å². The Balaban J connectivity index is 1.82. The summed E-state index contributed by atoms with van der Waals surface area (Å²) in [7, 11) is 0. The minimum Gasteiger partial charge on any atom is -0.207 e. The molecular formula is C19H23F. The zero-order chi connectivity index (χ0) is 14.2. The van der Waals surface area contributed by atoms with E-state index in [0.717, 1.165) is 12.8 Å². The first-order valence-electron chi connectivity index (χ1n) is 7.60. The molecule has 0 saturated carbocycles. The van der Waals surface area contributed by atoms with Crippen molar-refractivity contribution < 1.29 is 4.39 Å². The Morgan fingerprint density at radius 2 is 1.10 bits per heavy atom. The highest BCUT2D eigenvalue weighted by Gasteiger charge is 1.98. The second-order valence-corrected chi connectivity index (χ2v) is 5.40. The maximum Gasteiger partial charge on any atom is 0.123 e. The average molecular weight is 270 g/mol. The molecule has 2 rings (SSSR count). The molecule has 2 aromatic carbocycles. The molecule has 0 fully saturated rings. The highest BCUT2D eigenvalue weighted by molar-refractivity contribution is 5.24. The molecule has 0 amide bonds. The lowest BCUT2D eigenvalue weighted by atomic mass is 10.0. The molecule has 0 aliphatic heterocycles. The van der Waals surface area contributed by atoms with E-state index in [1.165, 1.54) is 54.5 Å². The van der Waals surface area contributed by atoms with Gasteiger partial charge in [-0.1, -0.05) is 56.2 Å². The molecule has 0 heterocycles. The van der Waals surface area contributed by atoms with Gasteiger partial charge in [0.25, 0.3) is 0 Å². The minimum atomic E-state index is -0.162. The van der Waals surface area contributed by atoms with Gasteiger partial charge in [-0.2, -0.15) is 0 Å². The quantitative estimate of drug-likeness (QED) is 0.595. The third-order valence-corrected chi connectivity index (χ3v) is 3.71. The van der Waals surface area contributed by atoms with E-state index in [2.05, 4.69) is 31.2 Å². The van der Waals surface area contributed by atoms with Gasteiger partial charge >= 0.3 is 0 Å². The molecular weight excluding hydrogens is 247 g/mol. The van der Waals surface area contributed by atoms with Crippen LogP contribution in [0.1, 0.15) is 42.9 Å². The van der Waals surface area contributed by atoms with Crippen molar-refractivity contribution in [2.75, 3.05) is 0 Å². The largest absolute Gasteiger partial charge is 0.207 e. The molecule has 0 bridgehead atoms. The summed E-state index contributed by atoms with van der Waals surface area (Å²) in [6.45, 7) is 2.23. The summed E-state index contributed by atoms with van der Waals surface area (Å²) in [5.41, 5.74) is 3.98. The Kier molecular flexibility index (Phi) is 5.79. The van der Waals surface area contributed by atoms with Crippen molar-refractivity contribution in [3.8, 4) is 0 Å². The van der Waals surface area contributed by atoms with E-state index >= 15 is 0 Å². The SMILES string of the molecule is CCCCCc1ccc(CCc2ccc(F)cc2)cc1. The highest BCUT2D eigenvalue weighted by Crippen LogP contribution is 2.12. The van der Waals surface area contributed by atoms with Gasteiger partial charge in [0.15, 0.2) is 0 Å². The summed E-state index contributed by atoms with van der Waals surface area (Å²) in [6, 6.07) is 15.8. The second-order valence-electron chi connectivity index (χ2n) is 5.40. The van der Waals surface area contributed by atoms with Crippen LogP contribution in [0, 0.1) is 5.82 Å². The van der Waals surface area contributed by atoms with Gasteiger partial charge in [0.1, 0.15) is 5.82 Å². The minimum absolute atomic E-state index is 0.162. The molecule has 2 aromatic rings. The van der Waals surface area contributed by atoms with Crippen LogP contribution in [0.4, 0.5) is 4.39 Å². The van der Waals surface area contributed by atoms with E-state index in [4.69, 9.17) is 0 Å². The fraction of sp³-hybridized carbons (Fsp3) is 0.368. The van der Waals surface area contributed by atoms with E-state index in [9.17, 15) is 4.39 Å². The molecule has 1 heteroatoms.